The fraction of sp³-hybridized carbons (Fsp3) is 0.250. The number of hydrogen-bond donors (Lipinski definition) is 1. The van der Waals surface area contributed by atoms with Crippen LogP contribution in [0.4, 0.5) is 11.5 Å². The fourth-order valence-corrected chi connectivity index (χ4v) is 2.52. The van der Waals surface area contributed by atoms with Crippen LogP contribution in [0.15, 0.2) is 18.2 Å². The molecule has 1 unspecified atom stereocenters. The van der Waals surface area contributed by atoms with Gasteiger partial charge in [-0.2, -0.15) is 5.10 Å². The van der Waals surface area contributed by atoms with Crippen LogP contribution in [0.1, 0.15) is 24.2 Å². The van der Waals surface area contributed by atoms with E-state index in [9.17, 15) is 10.1 Å². The Hall–Kier alpha value is -1.79. The van der Waals surface area contributed by atoms with Crippen molar-refractivity contribution in [3.05, 3.63) is 49.6 Å². The zero-order chi connectivity index (χ0) is 15.0. The number of aromatic nitrogens is 2. The summed E-state index contributed by atoms with van der Waals surface area (Å²) in [5.41, 5.74) is 6.59. The smallest absolute Gasteiger partial charge is 0.333 e. The molecule has 2 rings (SSSR count). The first kappa shape index (κ1) is 14.6. The molecule has 0 saturated heterocycles. The highest BCUT2D eigenvalue weighted by Crippen LogP contribution is 2.35. The average molecular weight is 315 g/mol. The van der Waals surface area contributed by atoms with Gasteiger partial charge >= 0.3 is 5.69 Å². The zero-order valence-electron chi connectivity index (χ0n) is 10.8. The normalized spacial score (nSPS) is 12.4. The minimum absolute atomic E-state index is 0.00366. The summed E-state index contributed by atoms with van der Waals surface area (Å²) in [6, 6.07) is 4.83. The van der Waals surface area contributed by atoms with Crippen LogP contribution in [0.3, 0.4) is 0 Å². The molecule has 1 atom stereocenters. The molecule has 0 aliphatic rings. The molecular weight excluding hydrogens is 303 g/mol. The molecule has 0 fully saturated rings. The molecule has 1 aromatic heterocycles. The molecule has 0 aliphatic heterocycles. The van der Waals surface area contributed by atoms with Gasteiger partial charge in [0.2, 0.25) is 5.82 Å². The molecule has 1 heterocycles. The van der Waals surface area contributed by atoms with Crippen LogP contribution in [0.5, 0.6) is 0 Å². The molecule has 0 spiro atoms. The second kappa shape index (κ2) is 5.30. The van der Waals surface area contributed by atoms with Crippen LogP contribution in [-0.2, 0) is 0 Å². The fourth-order valence-electron chi connectivity index (χ4n) is 2.05. The molecule has 0 radical (unpaired) electrons. The highest BCUT2D eigenvalue weighted by molar-refractivity contribution is 6.42. The van der Waals surface area contributed by atoms with Crippen molar-refractivity contribution in [2.45, 2.75) is 19.9 Å². The van der Waals surface area contributed by atoms with E-state index in [1.165, 1.54) is 11.6 Å². The van der Waals surface area contributed by atoms with Crippen LogP contribution >= 0.6 is 23.2 Å². The van der Waals surface area contributed by atoms with Gasteiger partial charge in [0.1, 0.15) is 5.69 Å². The summed E-state index contributed by atoms with van der Waals surface area (Å²) < 4.78 is 1.38. The topological polar surface area (TPSA) is 87.0 Å². The monoisotopic (exact) mass is 314 g/mol. The van der Waals surface area contributed by atoms with Crippen molar-refractivity contribution in [1.82, 2.24) is 9.78 Å². The highest BCUT2D eigenvalue weighted by atomic mass is 35.5. The standard InChI is InChI=1S/C12H12Cl2N4O2/c1-6-11(18(19)20)12(15)17(16-6)7(2)8-4-3-5-9(13)10(8)14/h3-5,7H,15H2,1-2H3. The summed E-state index contributed by atoms with van der Waals surface area (Å²) in [6.07, 6.45) is 0. The molecule has 2 N–H and O–H groups in total. The van der Waals surface area contributed by atoms with Crippen molar-refractivity contribution >= 4 is 34.7 Å². The predicted octanol–water partition coefficient (Wildman–Crippen LogP) is 3.60. The Morgan fingerprint density at radius 1 is 1.45 bits per heavy atom. The maximum Gasteiger partial charge on any atom is 0.333 e. The van der Waals surface area contributed by atoms with E-state index in [4.69, 9.17) is 28.9 Å². The molecule has 0 amide bonds. The average Bonchev–Trinajstić information content (AvgIpc) is 2.67. The summed E-state index contributed by atoms with van der Waals surface area (Å²) in [7, 11) is 0. The van der Waals surface area contributed by atoms with Gasteiger partial charge in [-0.15, -0.1) is 0 Å². The minimum atomic E-state index is -0.541. The van der Waals surface area contributed by atoms with Crippen LogP contribution in [0.2, 0.25) is 10.0 Å². The number of rotatable bonds is 3. The van der Waals surface area contributed by atoms with E-state index in [2.05, 4.69) is 5.10 Å². The van der Waals surface area contributed by atoms with Gasteiger partial charge in [0.25, 0.3) is 0 Å². The largest absolute Gasteiger partial charge is 0.378 e. The lowest BCUT2D eigenvalue weighted by atomic mass is 10.1. The Labute approximate surface area is 125 Å². The number of nitrogen functional groups attached to an aromatic ring is 1. The molecule has 106 valence electrons. The number of nitrogens with two attached hydrogens (primary N) is 1. The number of nitrogens with zero attached hydrogens (tertiary/aromatic N) is 3. The number of anilines is 1. The van der Waals surface area contributed by atoms with E-state index in [1.807, 2.05) is 0 Å². The first-order valence-electron chi connectivity index (χ1n) is 5.77. The van der Waals surface area contributed by atoms with Gasteiger partial charge in [-0.3, -0.25) is 10.1 Å². The maximum atomic E-state index is 11.0. The molecule has 1 aromatic carbocycles. The third-order valence-electron chi connectivity index (χ3n) is 3.07. The second-order valence-electron chi connectivity index (χ2n) is 4.34. The molecule has 20 heavy (non-hydrogen) atoms. The van der Waals surface area contributed by atoms with Crippen LogP contribution < -0.4 is 5.73 Å². The van der Waals surface area contributed by atoms with Gasteiger partial charge in [0.15, 0.2) is 0 Å². The zero-order valence-corrected chi connectivity index (χ0v) is 12.3. The molecule has 0 bridgehead atoms. The highest BCUT2D eigenvalue weighted by Gasteiger charge is 2.26. The first-order valence-corrected chi connectivity index (χ1v) is 6.53. The number of nitro groups is 1. The van der Waals surface area contributed by atoms with Crippen molar-refractivity contribution in [1.29, 1.82) is 0 Å². The van der Waals surface area contributed by atoms with Crippen molar-refractivity contribution in [2.24, 2.45) is 0 Å². The SMILES string of the molecule is Cc1nn(C(C)c2cccc(Cl)c2Cl)c(N)c1[N+](=O)[O-]. The summed E-state index contributed by atoms with van der Waals surface area (Å²) >= 11 is 12.1. The minimum Gasteiger partial charge on any atom is -0.378 e. The molecule has 8 heteroatoms. The van der Waals surface area contributed by atoms with Crippen LogP contribution in [0.25, 0.3) is 0 Å². The summed E-state index contributed by atoms with van der Waals surface area (Å²) in [4.78, 5) is 10.4. The summed E-state index contributed by atoms with van der Waals surface area (Å²) in [6.45, 7) is 3.33. The third-order valence-corrected chi connectivity index (χ3v) is 3.90. The van der Waals surface area contributed by atoms with Crippen LogP contribution in [0, 0.1) is 17.0 Å². The van der Waals surface area contributed by atoms with E-state index in [-0.39, 0.29) is 23.2 Å². The molecule has 0 saturated carbocycles. The van der Waals surface area contributed by atoms with Gasteiger partial charge in [0.05, 0.1) is 21.0 Å². The van der Waals surface area contributed by atoms with E-state index >= 15 is 0 Å². The summed E-state index contributed by atoms with van der Waals surface area (Å²) in [5.74, 6) is -0.00366. The van der Waals surface area contributed by atoms with Crippen LogP contribution in [-0.4, -0.2) is 14.7 Å². The molecular formula is C12H12Cl2N4O2. The third kappa shape index (κ3) is 2.32. The lowest BCUT2D eigenvalue weighted by molar-refractivity contribution is -0.384. The number of halogens is 2. The van der Waals surface area contributed by atoms with E-state index in [0.717, 1.165) is 0 Å². The molecule has 2 aromatic rings. The Kier molecular flexibility index (Phi) is 3.87. The Morgan fingerprint density at radius 3 is 2.65 bits per heavy atom. The van der Waals surface area contributed by atoms with Gasteiger partial charge in [-0.25, -0.2) is 4.68 Å². The van der Waals surface area contributed by atoms with Crippen molar-refractivity contribution in [3.8, 4) is 0 Å². The Balaban J connectivity index is 2.54. The molecule has 0 aliphatic carbocycles. The van der Waals surface area contributed by atoms with E-state index < -0.39 is 4.92 Å². The van der Waals surface area contributed by atoms with Gasteiger partial charge < -0.3 is 5.73 Å². The second-order valence-corrected chi connectivity index (χ2v) is 5.13. The quantitative estimate of drug-likeness (QED) is 0.692. The van der Waals surface area contributed by atoms with Gasteiger partial charge in [0, 0.05) is 0 Å². The predicted molar refractivity (Wildman–Crippen MR) is 78.3 cm³/mol. The Bertz CT molecular complexity index is 684. The van der Waals surface area contributed by atoms with Crippen molar-refractivity contribution in [2.75, 3.05) is 5.73 Å². The van der Waals surface area contributed by atoms with Crippen molar-refractivity contribution < 1.29 is 4.92 Å². The first-order chi connectivity index (χ1) is 9.34. The number of benzene rings is 1. The number of aryl methyl sites for hydroxylation is 1. The lowest BCUT2D eigenvalue weighted by Crippen LogP contribution is -2.12. The van der Waals surface area contributed by atoms with E-state index in [1.54, 1.807) is 25.1 Å². The number of hydrogen-bond acceptors (Lipinski definition) is 4. The van der Waals surface area contributed by atoms with Crippen molar-refractivity contribution in [3.63, 3.8) is 0 Å². The lowest BCUT2D eigenvalue weighted by Gasteiger charge is -2.15. The molecule has 6 nitrogen and oxygen atoms in total. The Morgan fingerprint density at radius 2 is 2.10 bits per heavy atom. The van der Waals surface area contributed by atoms with E-state index in [0.29, 0.717) is 15.6 Å². The maximum absolute atomic E-state index is 11.0. The van der Waals surface area contributed by atoms with Gasteiger partial charge in [-0.05, 0) is 25.5 Å². The summed E-state index contributed by atoms with van der Waals surface area (Å²) in [5, 5.41) is 15.9. The van der Waals surface area contributed by atoms with Gasteiger partial charge in [-0.1, -0.05) is 35.3 Å².